The Morgan fingerprint density at radius 3 is 2.80 bits per heavy atom. The second kappa shape index (κ2) is 5.09. The van der Waals surface area contributed by atoms with E-state index in [4.69, 9.17) is 5.11 Å². The predicted molar refractivity (Wildman–Crippen MR) is 71.8 cm³/mol. The fraction of sp³-hybridized carbons (Fsp3) is 0.462. The lowest BCUT2D eigenvalue weighted by Gasteiger charge is -2.26. The molecule has 3 N–H and O–H groups in total. The second-order valence-corrected chi connectivity index (χ2v) is 5.09. The molecule has 3 rings (SSSR count). The Hall–Kier alpha value is -2.15. The summed E-state index contributed by atoms with van der Waals surface area (Å²) in [5.74, 6) is -0.396. The smallest absolute Gasteiger partial charge is 0.341 e. The number of aromatic nitrogens is 3. The summed E-state index contributed by atoms with van der Waals surface area (Å²) in [6.07, 6.45) is 6.13. The SMILES string of the molecule is O=C(O)c1cnn2ccc(NC3CCC(O)CC3)nc12. The van der Waals surface area contributed by atoms with Gasteiger partial charge in [-0.15, -0.1) is 0 Å². The van der Waals surface area contributed by atoms with Crippen molar-refractivity contribution in [1.29, 1.82) is 0 Å². The Balaban J connectivity index is 1.81. The van der Waals surface area contributed by atoms with Crippen molar-refractivity contribution in [3.63, 3.8) is 0 Å². The van der Waals surface area contributed by atoms with Gasteiger partial charge >= 0.3 is 5.97 Å². The van der Waals surface area contributed by atoms with E-state index in [0.29, 0.717) is 11.5 Å². The zero-order valence-electron chi connectivity index (χ0n) is 10.9. The van der Waals surface area contributed by atoms with Gasteiger partial charge in [0.05, 0.1) is 12.3 Å². The third-order valence-electron chi connectivity index (χ3n) is 3.65. The molecule has 1 aliphatic carbocycles. The van der Waals surface area contributed by atoms with E-state index in [-0.39, 0.29) is 17.7 Å². The molecule has 2 aromatic heterocycles. The molecule has 2 aromatic rings. The Bertz CT molecular complexity index is 632. The number of fused-ring (bicyclic) bond motifs is 1. The van der Waals surface area contributed by atoms with Gasteiger partial charge < -0.3 is 15.5 Å². The van der Waals surface area contributed by atoms with Crippen molar-refractivity contribution < 1.29 is 15.0 Å². The molecule has 0 aromatic carbocycles. The number of aliphatic hydroxyl groups excluding tert-OH is 1. The molecule has 0 saturated heterocycles. The molecule has 1 fully saturated rings. The number of nitrogens with zero attached hydrogens (tertiary/aromatic N) is 3. The summed E-state index contributed by atoms with van der Waals surface area (Å²) in [4.78, 5) is 15.4. The van der Waals surface area contributed by atoms with Crippen LogP contribution in [-0.2, 0) is 0 Å². The minimum Gasteiger partial charge on any atom is -0.477 e. The summed E-state index contributed by atoms with van der Waals surface area (Å²) in [6, 6.07) is 2.04. The van der Waals surface area contributed by atoms with Crippen LogP contribution < -0.4 is 5.32 Å². The number of rotatable bonds is 3. The molecular formula is C13H16N4O3. The van der Waals surface area contributed by atoms with Crippen molar-refractivity contribution in [3.05, 3.63) is 24.0 Å². The van der Waals surface area contributed by atoms with Gasteiger partial charge in [0, 0.05) is 12.2 Å². The van der Waals surface area contributed by atoms with Gasteiger partial charge in [-0.1, -0.05) is 0 Å². The molecule has 2 heterocycles. The molecule has 0 amide bonds. The maximum Gasteiger partial charge on any atom is 0.341 e. The van der Waals surface area contributed by atoms with Crippen molar-refractivity contribution in [3.8, 4) is 0 Å². The molecule has 0 bridgehead atoms. The number of carboxylic acids is 1. The molecule has 7 heteroatoms. The summed E-state index contributed by atoms with van der Waals surface area (Å²) in [6.45, 7) is 0. The van der Waals surface area contributed by atoms with Gasteiger partial charge in [-0.25, -0.2) is 14.3 Å². The van der Waals surface area contributed by atoms with E-state index in [2.05, 4.69) is 15.4 Å². The highest BCUT2D eigenvalue weighted by Gasteiger charge is 2.20. The maximum absolute atomic E-state index is 11.1. The molecule has 0 spiro atoms. The summed E-state index contributed by atoms with van der Waals surface area (Å²) < 4.78 is 1.44. The van der Waals surface area contributed by atoms with Crippen molar-refractivity contribution in [1.82, 2.24) is 14.6 Å². The average Bonchev–Trinajstić information content (AvgIpc) is 2.84. The zero-order valence-corrected chi connectivity index (χ0v) is 10.9. The topological polar surface area (TPSA) is 99.8 Å². The first-order chi connectivity index (χ1) is 9.63. The molecule has 1 saturated carbocycles. The highest BCUT2D eigenvalue weighted by molar-refractivity contribution is 5.94. The molecule has 0 aliphatic heterocycles. The number of carboxylic acid groups (broad SMARTS) is 1. The molecule has 0 radical (unpaired) electrons. The molecular weight excluding hydrogens is 260 g/mol. The summed E-state index contributed by atoms with van der Waals surface area (Å²) in [7, 11) is 0. The van der Waals surface area contributed by atoms with E-state index in [1.54, 1.807) is 12.3 Å². The lowest BCUT2D eigenvalue weighted by Crippen LogP contribution is -2.28. The maximum atomic E-state index is 11.1. The fourth-order valence-electron chi connectivity index (χ4n) is 2.53. The number of aromatic carboxylic acids is 1. The largest absolute Gasteiger partial charge is 0.477 e. The number of carbonyl (C=O) groups is 1. The molecule has 0 atom stereocenters. The Labute approximate surface area is 115 Å². The van der Waals surface area contributed by atoms with Gasteiger partial charge in [0.1, 0.15) is 11.4 Å². The predicted octanol–water partition coefficient (Wildman–Crippen LogP) is 1.14. The number of hydrogen-bond acceptors (Lipinski definition) is 5. The van der Waals surface area contributed by atoms with E-state index in [0.717, 1.165) is 25.7 Å². The quantitative estimate of drug-likeness (QED) is 0.777. The first-order valence-corrected chi connectivity index (χ1v) is 6.66. The minimum atomic E-state index is -1.04. The minimum absolute atomic E-state index is 0.0905. The van der Waals surface area contributed by atoms with E-state index >= 15 is 0 Å². The first-order valence-electron chi connectivity index (χ1n) is 6.66. The Kier molecular flexibility index (Phi) is 3.27. The monoisotopic (exact) mass is 276 g/mol. The number of hydrogen-bond donors (Lipinski definition) is 3. The third kappa shape index (κ3) is 2.44. The third-order valence-corrected chi connectivity index (χ3v) is 3.65. The van der Waals surface area contributed by atoms with Crippen LogP contribution in [0.4, 0.5) is 5.82 Å². The van der Waals surface area contributed by atoms with Crippen LogP contribution in [0.2, 0.25) is 0 Å². The molecule has 1 aliphatic rings. The summed E-state index contributed by atoms with van der Waals surface area (Å²) in [5.41, 5.74) is 0.422. The van der Waals surface area contributed by atoms with Crippen molar-refractivity contribution >= 4 is 17.4 Å². The van der Waals surface area contributed by atoms with Gasteiger partial charge in [-0.2, -0.15) is 5.10 Å². The molecule has 106 valence electrons. The van der Waals surface area contributed by atoms with Crippen molar-refractivity contribution in [2.24, 2.45) is 0 Å². The number of aliphatic hydroxyl groups is 1. The highest BCUT2D eigenvalue weighted by atomic mass is 16.4. The van der Waals surface area contributed by atoms with Crippen LogP contribution in [0.3, 0.4) is 0 Å². The van der Waals surface area contributed by atoms with Gasteiger partial charge in [0.25, 0.3) is 0 Å². The van der Waals surface area contributed by atoms with Gasteiger partial charge in [-0.3, -0.25) is 0 Å². The van der Waals surface area contributed by atoms with Crippen molar-refractivity contribution in [2.45, 2.75) is 37.8 Å². The first kappa shape index (κ1) is 12.9. The van der Waals surface area contributed by atoms with Crippen LogP contribution in [0.25, 0.3) is 5.65 Å². The number of anilines is 1. The van der Waals surface area contributed by atoms with Crippen LogP contribution in [-0.4, -0.2) is 42.9 Å². The second-order valence-electron chi connectivity index (χ2n) is 5.09. The molecule has 7 nitrogen and oxygen atoms in total. The zero-order chi connectivity index (χ0) is 14.1. The fourth-order valence-corrected chi connectivity index (χ4v) is 2.53. The van der Waals surface area contributed by atoms with Gasteiger partial charge in [0.15, 0.2) is 5.65 Å². The molecule has 0 unspecified atom stereocenters. The van der Waals surface area contributed by atoms with E-state index in [9.17, 15) is 9.90 Å². The van der Waals surface area contributed by atoms with Crippen LogP contribution in [0.15, 0.2) is 18.5 Å². The van der Waals surface area contributed by atoms with Crippen LogP contribution in [0.5, 0.6) is 0 Å². The number of nitrogens with one attached hydrogen (secondary N) is 1. The summed E-state index contributed by atoms with van der Waals surface area (Å²) >= 11 is 0. The van der Waals surface area contributed by atoms with E-state index < -0.39 is 5.97 Å². The Morgan fingerprint density at radius 1 is 1.35 bits per heavy atom. The van der Waals surface area contributed by atoms with Crippen molar-refractivity contribution in [2.75, 3.05) is 5.32 Å². The van der Waals surface area contributed by atoms with E-state index in [1.165, 1.54) is 10.7 Å². The standard InChI is InChI=1S/C13H16N4O3/c18-9-3-1-8(2-4-9)15-11-5-6-17-12(16-11)10(7-14-17)13(19)20/h5-9,18H,1-4H2,(H,15,16)(H,19,20). The van der Waals surface area contributed by atoms with E-state index in [1.807, 2.05) is 0 Å². The lowest BCUT2D eigenvalue weighted by molar-refractivity contribution is 0.0698. The van der Waals surface area contributed by atoms with Gasteiger partial charge in [0.2, 0.25) is 0 Å². The lowest BCUT2D eigenvalue weighted by atomic mass is 9.93. The van der Waals surface area contributed by atoms with Crippen LogP contribution >= 0.6 is 0 Å². The molecule has 20 heavy (non-hydrogen) atoms. The normalized spacial score (nSPS) is 22.9. The Morgan fingerprint density at radius 2 is 2.10 bits per heavy atom. The average molecular weight is 276 g/mol. The highest BCUT2D eigenvalue weighted by Crippen LogP contribution is 2.22. The van der Waals surface area contributed by atoms with Gasteiger partial charge in [-0.05, 0) is 31.7 Å². The van der Waals surface area contributed by atoms with Crippen LogP contribution in [0, 0.1) is 0 Å². The van der Waals surface area contributed by atoms with Crippen LogP contribution in [0.1, 0.15) is 36.0 Å². The summed E-state index contributed by atoms with van der Waals surface area (Å²) in [5, 5.41) is 25.8.